The number of halogens is 3. The molecule has 0 radical (unpaired) electrons. The highest BCUT2D eigenvalue weighted by Crippen LogP contribution is 2.35. The minimum atomic E-state index is -4.68. The van der Waals surface area contributed by atoms with Crippen LogP contribution in [0.2, 0.25) is 0 Å². The number of benzene rings is 1. The summed E-state index contributed by atoms with van der Waals surface area (Å²) in [5.74, 6) is -1.74. The van der Waals surface area contributed by atoms with Gasteiger partial charge in [-0.25, -0.2) is 9.78 Å². The van der Waals surface area contributed by atoms with Crippen LogP contribution in [0.15, 0.2) is 30.5 Å². The molecule has 0 spiro atoms. The number of amides is 1. The van der Waals surface area contributed by atoms with E-state index in [0.29, 0.717) is 11.6 Å². The number of carbonyl (C=O) groups is 2. The topological polar surface area (TPSA) is 93.2 Å². The number of carbonyl (C=O) groups excluding carboxylic acids is 2. The first kappa shape index (κ1) is 26.6. The van der Waals surface area contributed by atoms with E-state index in [0.717, 1.165) is 28.9 Å². The van der Waals surface area contributed by atoms with E-state index in [4.69, 9.17) is 4.74 Å². The second kappa shape index (κ2) is 10.7. The van der Waals surface area contributed by atoms with Crippen molar-refractivity contribution in [3.8, 4) is 5.75 Å². The number of hydrogen-bond donors (Lipinski definition) is 2. The highest BCUT2D eigenvalue weighted by molar-refractivity contribution is 7.22. The van der Waals surface area contributed by atoms with Crippen LogP contribution < -0.4 is 15.4 Å². The molecule has 2 atom stereocenters. The number of nitrogens with zero attached hydrogens (tertiary/aromatic N) is 2. The summed E-state index contributed by atoms with van der Waals surface area (Å²) in [5, 5.41) is 5.70. The maximum Gasteiger partial charge on any atom is 0.416 e. The van der Waals surface area contributed by atoms with Gasteiger partial charge in [0, 0.05) is 18.2 Å². The Morgan fingerprint density at radius 1 is 1.14 bits per heavy atom. The van der Waals surface area contributed by atoms with Gasteiger partial charge in [-0.3, -0.25) is 15.1 Å². The van der Waals surface area contributed by atoms with Crippen molar-refractivity contribution in [1.82, 2.24) is 15.3 Å². The molecule has 1 aromatic carbocycles. The molecule has 0 saturated heterocycles. The van der Waals surface area contributed by atoms with Gasteiger partial charge in [-0.05, 0) is 37.6 Å². The van der Waals surface area contributed by atoms with E-state index >= 15 is 0 Å². The SMILES string of the molecule is CCC(C)c1nccc2sc(NC(=O)c3cc(C(F)(F)F)ccc3OC(=O)[C@@H](C)NC(C)C)nc12. The molecule has 3 aromatic rings. The van der Waals surface area contributed by atoms with Crippen LogP contribution >= 0.6 is 11.3 Å². The molecule has 188 valence electrons. The van der Waals surface area contributed by atoms with Crippen LogP contribution in [0.25, 0.3) is 10.2 Å². The van der Waals surface area contributed by atoms with Gasteiger partial charge >= 0.3 is 12.1 Å². The lowest BCUT2D eigenvalue weighted by Gasteiger charge is -2.17. The molecule has 0 aliphatic heterocycles. The van der Waals surface area contributed by atoms with Crippen LogP contribution in [0.5, 0.6) is 5.75 Å². The number of anilines is 1. The fraction of sp³-hybridized carbons (Fsp3) is 0.417. The zero-order valence-corrected chi connectivity index (χ0v) is 20.8. The van der Waals surface area contributed by atoms with Crippen molar-refractivity contribution in [2.45, 2.75) is 65.2 Å². The minimum Gasteiger partial charge on any atom is -0.425 e. The molecule has 35 heavy (non-hydrogen) atoms. The molecule has 2 heterocycles. The summed E-state index contributed by atoms with van der Waals surface area (Å²) in [7, 11) is 0. The standard InChI is InChI=1S/C24H27F3N4O3S/c1-6-13(4)19-20-18(9-10-28-19)35-23(30-20)31-21(32)16-11-15(24(25,26)27)7-8-17(16)34-22(33)14(5)29-12(2)3/h7-14,29H,6H2,1-5H3,(H,30,31,32)/t13?,14-/m1/s1. The molecule has 0 saturated carbocycles. The number of thiazole rings is 1. The number of hydrogen-bond acceptors (Lipinski definition) is 7. The minimum absolute atomic E-state index is 0.0261. The first-order valence-electron chi connectivity index (χ1n) is 11.2. The lowest BCUT2D eigenvalue weighted by molar-refractivity contribution is -0.137. The first-order chi connectivity index (χ1) is 16.4. The van der Waals surface area contributed by atoms with E-state index in [1.165, 1.54) is 11.3 Å². The number of aromatic nitrogens is 2. The normalized spacial score (nSPS) is 13.6. The maximum absolute atomic E-state index is 13.4. The number of pyridine rings is 1. The Morgan fingerprint density at radius 2 is 1.86 bits per heavy atom. The Balaban J connectivity index is 1.94. The second-order valence-corrected chi connectivity index (χ2v) is 9.53. The Morgan fingerprint density at radius 3 is 2.49 bits per heavy atom. The lowest BCUT2D eigenvalue weighted by atomic mass is 10.0. The molecular formula is C24H27F3N4O3S. The van der Waals surface area contributed by atoms with Crippen molar-refractivity contribution in [3.63, 3.8) is 0 Å². The summed E-state index contributed by atoms with van der Waals surface area (Å²) in [5.41, 5.74) is -0.0543. The van der Waals surface area contributed by atoms with Crippen molar-refractivity contribution in [2.24, 2.45) is 0 Å². The van der Waals surface area contributed by atoms with Crippen molar-refractivity contribution in [1.29, 1.82) is 0 Å². The Labute approximate surface area is 205 Å². The lowest BCUT2D eigenvalue weighted by Crippen LogP contribution is -2.41. The number of ether oxygens (including phenoxy) is 1. The average Bonchev–Trinajstić information content (AvgIpc) is 3.19. The number of rotatable bonds is 8. The Hall–Kier alpha value is -3.05. The molecule has 0 fully saturated rings. The maximum atomic E-state index is 13.4. The third kappa shape index (κ3) is 6.34. The zero-order valence-electron chi connectivity index (χ0n) is 20.0. The zero-order chi connectivity index (χ0) is 25.9. The summed E-state index contributed by atoms with van der Waals surface area (Å²) < 4.78 is 46.1. The predicted molar refractivity (Wildman–Crippen MR) is 129 cm³/mol. The molecule has 2 aromatic heterocycles. The fourth-order valence-electron chi connectivity index (χ4n) is 3.38. The first-order valence-corrected chi connectivity index (χ1v) is 12.0. The van der Waals surface area contributed by atoms with E-state index in [1.807, 2.05) is 27.7 Å². The van der Waals surface area contributed by atoms with Crippen molar-refractivity contribution >= 4 is 38.6 Å². The van der Waals surface area contributed by atoms with Crippen LogP contribution in [0.1, 0.15) is 68.6 Å². The average molecular weight is 509 g/mol. The van der Waals surface area contributed by atoms with Crippen LogP contribution in [0, 0.1) is 0 Å². The predicted octanol–water partition coefficient (Wildman–Crippen LogP) is 5.77. The fourth-order valence-corrected chi connectivity index (χ4v) is 4.25. The number of nitrogens with one attached hydrogen (secondary N) is 2. The molecular weight excluding hydrogens is 481 g/mol. The van der Waals surface area contributed by atoms with Gasteiger partial charge in [-0.2, -0.15) is 13.2 Å². The molecule has 3 rings (SSSR count). The summed E-state index contributed by atoms with van der Waals surface area (Å²) in [6, 6.07) is 3.40. The number of esters is 1. The summed E-state index contributed by atoms with van der Waals surface area (Å²) in [4.78, 5) is 34.4. The molecule has 7 nitrogen and oxygen atoms in total. The molecule has 0 aliphatic rings. The highest BCUT2D eigenvalue weighted by atomic mass is 32.1. The molecule has 0 aliphatic carbocycles. The van der Waals surface area contributed by atoms with E-state index < -0.39 is 35.2 Å². The van der Waals surface area contributed by atoms with E-state index in [1.54, 1.807) is 19.2 Å². The van der Waals surface area contributed by atoms with Crippen molar-refractivity contribution < 1.29 is 27.5 Å². The smallest absolute Gasteiger partial charge is 0.416 e. The van der Waals surface area contributed by atoms with Gasteiger partial charge in [0.25, 0.3) is 5.91 Å². The van der Waals surface area contributed by atoms with Gasteiger partial charge in [0.2, 0.25) is 0 Å². The molecule has 0 bridgehead atoms. The van der Waals surface area contributed by atoms with Gasteiger partial charge < -0.3 is 10.1 Å². The monoisotopic (exact) mass is 508 g/mol. The summed E-state index contributed by atoms with van der Waals surface area (Å²) >= 11 is 1.18. The van der Waals surface area contributed by atoms with Crippen LogP contribution in [-0.2, 0) is 11.0 Å². The van der Waals surface area contributed by atoms with Crippen LogP contribution in [0.4, 0.5) is 18.3 Å². The van der Waals surface area contributed by atoms with E-state index in [2.05, 4.69) is 20.6 Å². The van der Waals surface area contributed by atoms with Crippen LogP contribution in [0.3, 0.4) is 0 Å². The van der Waals surface area contributed by atoms with Gasteiger partial charge in [0.1, 0.15) is 17.3 Å². The third-order valence-electron chi connectivity index (χ3n) is 5.33. The van der Waals surface area contributed by atoms with E-state index in [9.17, 15) is 22.8 Å². The number of alkyl halides is 3. The number of fused-ring (bicyclic) bond motifs is 1. The summed E-state index contributed by atoms with van der Waals surface area (Å²) in [6.45, 7) is 9.27. The van der Waals surface area contributed by atoms with Gasteiger partial charge in [0.05, 0.1) is 21.5 Å². The largest absolute Gasteiger partial charge is 0.425 e. The van der Waals surface area contributed by atoms with Crippen molar-refractivity contribution in [2.75, 3.05) is 5.32 Å². The van der Waals surface area contributed by atoms with Gasteiger partial charge in [-0.1, -0.05) is 39.0 Å². The second-order valence-electron chi connectivity index (χ2n) is 8.50. The quantitative estimate of drug-likeness (QED) is 0.297. The summed E-state index contributed by atoms with van der Waals surface area (Å²) in [6.07, 6.45) is -2.19. The Bertz CT molecular complexity index is 1230. The molecule has 1 amide bonds. The van der Waals surface area contributed by atoms with Crippen LogP contribution in [-0.4, -0.2) is 33.9 Å². The van der Waals surface area contributed by atoms with Gasteiger partial charge in [0.15, 0.2) is 5.13 Å². The highest BCUT2D eigenvalue weighted by Gasteiger charge is 2.33. The third-order valence-corrected chi connectivity index (χ3v) is 6.27. The molecule has 1 unspecified atom stereocenters. The Kier molecular flexibility index (Phi) is 8.11. The van der Waals surface area contributed by atoms with E-state index in [-0.39, 0.29) is 22.8 Å². The molecule has 11 heteroatoms. The van der Waals surface area contributed by atoms with Gasteiger partial charge in [-0.15, -0.1) is 0 Å². The molecule has 2 N–H and O–H groups in total. The van der Waals surface area contributed by atoms with Crippen molar-refractivity contribution in [3.05, 3.63) is 47.3 Å².